The molecule has 1 aliphatic carbocycles. The van der Waals surface area contributed by atoms with Gasteiger partial charge in [-0.2, -0.15) is 0 Å². The fraction of sp³-hybridized carbons (Fsp3) is 0.222. The number of esters is 1. The van der Waals surface area contributed by atoms with E-state index in [0.717, 1.165) is 12.8 Å². The van der Waals surface area contributed by atoms with Gasteiger partial charge in [-0.3, -0.25) is 4.79 Å². The van der Waals surface area contributed by atoms with Gasteiger partial charge in [0.15, 0.2) is 0 Å². The van der Waals surface area contributed by atoms with Crippen LogP contribution in [0.4, 0.5) is 4.39 Å². The number of benzene rings is 2. The van der Waals surface area contributed by atoms with Crippen molar-refractivity contribution < 1.29 is 18.7 Å². The number of hydrogen-bond acceptors (Lipinski definition) is 3. The fourth-order valence-corrected chi connectivity index (χ4v) is 2.17. The molecule has 0 heterocycles. The quantitative estimate of drug-likeness (QED) is 0.681. The molecule has 0 saturated heterocycles. The molecule has 0 bridgehead atoms. The first-order valence-corrected chi connectivity index (χ1v) is 7.49. The summed E-state index contributed by atoms with van der Waals surface area (Å²) in [5.41, 5.74) is -0.402. The molecule has 23 heavy (non-hydrogen) atoms. The first-order chi connectivity index (χ1) is 11.1. The van der Waals surface area contributed by atoms with E-state index in [-0.39, 0.29) is 11.1 Å². The minimum atomic E-state index is -0.860. The van der Waals surface area contributed by atoms with E-state index in [0.29, 0.717) is 18.2 Å². The Balaban J connectivity index is 1.75. The highest BCUT2D eigenvalue weighted by molar-refractivity contribution is 5.98. The Morgan fingerprint density at radius 1 is 1.04 bits per heavy atom. The standard InChI is InChI=1S/C18H16FNO3/c19-16-14(17(21)20-11-12-9-10-12)7-4-8-15(16)18(22)23-13-5-2-1-3-6-13/h1-8,12H,9-11H2,(H,20,21). The van der Waals surface area contributed by atoms with Crippen LogP contribution in [0.2, 0.25) is 0 Å². The first kappa shape index (κ1) is 15.2. The van der Waals surface area contributed by atoms with E-state index in [9.17, 15) is 14.0 Å². The third-order valence-corrected chi connectivity index (χ3v) is 3.67. The lowest BCUT2D eigenvalue weighted by molar-refractivity contribution is 0.0730. The predicted molar refractivity (Wildman–Crippen MR) is 82.9 cm³/mol. The highest BCUT2D eigenvalue weighted by atomic mass is 19.1. The lowest BCUT2D eigenvalue weighted by Crippen LogP contribution is -2.27. The average molecular weight is 313 g/mol. The van der Waals surface area contributed by atoms with Crippen LogP contribution >= 0.6 is 0 Å². The molecule has 1 amide bonds. The highest BCUT2D eigenvalue weighted by Crippen LogP contribution is 2.27. The van der Waals surface area contributed by atoms with Crippen molar-refractivity contribution in [2.45, 2.75) is 12.8 Å². The number of carbonyl (C=O) groups excluding carboxylic acids is 2. The molecule has 0 unspecified atom stereocenters. The van der Waals surface area contributed by atoms with Gasteiger partial charge in [0, 0.05) is 6.54 Å². The van der Waals surface area contributed by atoms with Crippen LogP contribution in [0.25, 0.3) is 0 Å². The zero-order valence-electron chi connectivity index (χ0n) is 12.4. The third-order valence-electron chi connectivity index (χ3n) is 3.67. The van der Waals surface area contributed by atoms with E-state index < -0.39 is 17.7 Å². The van der Waals surface area contributed by atoms with Gasteiger partial charge in [-0.15, -0.1) is 0 Å². The molecule has 0 spiro atoms. The second-order valence-corrected chi connectivity index (χ2v) is 5.52. The number of hydrogen-bond donors (Lipinski definition) is 1. The molecule has 4 nitrogen and oxygen atoms in total. The van der Waals surface area contributed by atoms with Crippen molar-refractivity contribution in [3.8, 4) is 5.75 Å². The van der Waals surface area contributed by atoms with Crippen LogP contribution in [0.5, 0.6) is 5.75 Å². The molecule has 0 atom stereocenters. The number of ether oxygens (including phenoxy) is 1. The van der Waals surface area contributed by atoms with Crippen molar-refractivity contribution in [3.63, 3.8) is 0 Å². The number of amides is 1. The molecule has 3 rings (SSSR count). The van der Waals surface area contributed by atoms with Gasteiger partial charge in [0.05, 0.1) is 11.1 Å². The summed E-state index contributed by atoms with van der Waals surface area (Å²) in [7, 11) is 0. The maximum atomic E-state index is 14.5. The van der Waals surface area contributed by atoms with Crippen LogP contribution in [-0.4, -0.2) is 18.4 Å². The lowest BCUT2D eigenvalue weighted by Gasteiger charge is -2.09. The van der Waals surface area contributed by atoms with E-state index in [4.69, 9.17) is 4.74 Å². The molecule has 2 aromatic rings. The molecule has 0 radical (unpaired) electrons. The molecular weight excluding hydrogens is 297 g/mol. The fourth-order valence-electron chi connectivity index (χ4n) is 2.17. The topological polar surface area (TPSA) is 55.4 Å². The number of para-hydroxylation sites is 1. The Morgan fingerprint density at radius 2 is 1.74 bits per heavy atom. The summed E-state index contributed by atoms with van der Waals surface area (Å²) in [6, 6.07) is 12.5. The van der Waals surface area contributed by atoms with Gasteiger partial charge in [-0.25, -0.2) is 9.18 Å². The van der Waals surface area contributed by atoms with Crippen molar-refractivity contribution in [1.29, 1.82) is 0 Å². The maximum absolute atomic E-state index is 14.5. The van der Waals surface area contributed by atoms with Crippen molar-refractivity contribution in [1.82, 2.24) is 5.32 Å². The molecular formula is C18H16FNO3. The van der Waals surface area contributed by atoms with Crippen molar-refractivity contribution in [3.05, 3.63) is 65.5 Å². The molecule has 1 saturated carbocycles. The summed E-state index contributed by atoms with van der Waals surface area (Å²) < 4.78 is 19.6. The Bertz CT molecular complexity index is 726. The molecule has 1 fully saturated rings. The van der Waals surface area contributed by atoms with Gasteiger partial charge < -0.3 is 10.1 Å². The van der Waals surface area contributed by atoms with Crippen LogP contribution in [0.3, 0.4) is 0 Å². The van der Waals surface area contributed by atoms with Crippen molar-refractivity contribution in [2.75, 3.05) is 6.54 Å². The first-order valence-electron chi connectivity index (χ1n) is 7.49. The van der Waals surface area contributed by atoms with Gasteiger partial charge in [0.2, 0.25) is 0 Å². The second-order valence-electron chi connectivity index (χ2n) is 5.52. The monoisotopic (exact) mass is 313 g/mol. The Hall–Kier alpha value is -2.69. The summed E-state index contributed by atoms with van der Waals surface area (Å²) in [5, 5.41) is 2.69. The summed E-state index contributed by atoms with van der Waals surface area (Å²) >= 11 is 0. The molecule has 1 N–H and O–H groups in total. The molecule has 2 aromatic carbocycles. The summed E-state index contributed by atoms with van der Waals surface area (Å²) in [5.74, 6) is -1.38. The van der Waals surface area contributed by atoms with Crippen LogP contribution in [0, 0.1) is 11.7 Å². The molecule has 5 heteroatoms. The van der Waals surface area contributed by atoms with E-state index in [1.807, 2.05) is 0 Å². The average Bonchev–Trinajstić information content (AvgIpc) is 3.38. The van der Waals surface area contributed by atoms with E-state index in [1.165, 1.54) is 18.2 Å². The Kier molecular flexibility index (Phi) is 4.37. The van der Waals surface area contributed by atoms with Crippen LogP contribution in [-0.2, 0) is 0 Å². The molecule has 118 valence electrons. The zero-order valence-corrected chi connectivity index (χ0v) is 12.4. The van der Waals surface area contributed by atoms with E-state index in [1.54, 1.807) is 30.3 Å². The highest BCUT2D eigenvalue weighted by Gasteiger charge is 2.24. The predicted octanol–water partition coefficient (Wildman–Crippen LogP) is 3.18. The summed E-state index contributed by atoms with van der Waals surface area (Å²) in [4.78, 5) is 24.1. The van der Waals surface area contributed by atoms with Gasteiger partial charge in [-0.05, 0) is 43.0 Å². The Labute approximate surface area is 133 Å². The minimum absolute atomic E-state index is 0.145. The smallest absolute Gasteiger partial charge is 0.346 e. The molecule has 0 aliphatic heterocycles. The largest absolute Gasteiger partial charge is 0.423 e. The number of halogens is 1. The summed E-state index contributed by atoms with van der Waals surface area (Å²) in [6.45, 7) is 0.539. The van der Waals surface area contributed by atoms with Crippen molar-refractivity contribution in [2.24, 2.45) is 5.92 Å². The van der Waals surface area contributed by atoms with E-state index in [2.05, 4.69) is 5.32 Å². The van der Waals surface area contributed by atoms with Gasteiger partial charge in [0.1, 0.15) is 11.6 Å². The van der Waals surface area contributed by atoms with E-state index >= 15 is 0 Å². The second kappa shape index (κ2) is 6.60. The number of rotatable bonds is 5. The normalized spacial score (nSPS) is 13.4. The van der Waals surface area contributed by atoms with Gasteiger partial charge in [0.25, 0.3) is 5.91 Å². The minimum Gasteiger partial charge on any atom is -0.423 e. The third kappa shape index (κ3) is 3.74. The Morgan fingerprint density at radius 3 is 2.43 bits per heavy atom. The number of nitrogens with one attached hydrogen (secondary N) is 1. The lowest BCUT2D eigenvalue weighted by atomic mass is 10.1. The van der Waals surface area contributed by atoms with Gasteiger partial charge >= 0.3 is 5.97 Å². The van der Waals surface area contributed by atoms with Crippen LogP contribution in [0.15, 0.2) is 48.5 Å². The van der Waals surface area contributed by atoms with Crippen molar-refractivity contribution >= 4 is 11.9 Å². The maximum Gasteiger partial charge on any atom is 0.346 e. The SMILES string of the molecule is O=C(NCC1CC1)c1cccc(C(=O)Oc2ccccc2)c1F. The molecule has 1 aliphatic rings. The molecule has 0 aromatic heterocycles. The number of carbonyl (C=O) groups is 2. The van der Waals surface area contributed by atoms with Crippen LogP contribution in [0.1, 0.15) is 33.6 Å². The van der Waals surface area contributed by atoms with Gasteiger partial charge in [-0.1, -0.05) is 24.3 Å². The summed E-state index contributed by atoms with van der Waals surface area (Å²) in [6.07, 6.45) is 2.18. The zero-order chi connectivity index (χ0) is 16.2. The van der Waals surface area contributed by atoms with Crippen LogP contribution < -0.4 is 10.1 Å².